The summed E-state index contributed by atoms with van der Waals surface area (Å²) < 4.78 is 55.1. The molecular formula is C22H30N4O5S2. The van der Waals surface area contributed by atoms with Gasteiger partial charge in [0, 0.05) is 38.8 Å². The average Bonchev–Trinajstić information content (AvgIpc) is 2.76. The maximum atomic E-state index is 12.7. The fourth-order valence-electron chi connectivity index (χ4n) is 3.59. The summed E-state index contributed by atoms with van der Waals surface area (Å²) >= 11 is 0. The van der Waals surface area contributed by atoms with E-state index in [9.17, 15) is 21.6 Å². The Balaban J connectivity index is 1.61. The molecule has 0 aromatic heterocycles. The van der Waals surface area contributed by atoms with Gasteiger partial charge in [-0.3, -0.25) is 9.52 Å². The summed E-state index contributed by atoms with van der Waals surface area (Å²) in [5, 5.41) is 2.80. The zero-order valence-corrected chi connectivity index (χ0v) is 20.8. The number of anilines is 2. The molecule has 0 unspecified atom stereocenters. The lowest BCUT2D eigenvalue weighted by molar-refractivity contribution is -0.120. The number of piperidine rings is 1. The number of hydrogen-bond donors (Lipinski definition) is 2. The highest BCUT2D eigenvalue weighted by Gasteiger charge is 2.32. The van der Waals surface area contributed by atoms with E-state index in [-0.39, 0.29) is 29.8 Å². The van der Waals surface area contributed by atoms with Gasteiger partial charge in [0.2, 0.25) is 5.91 Å². The molecule has 3 rings (SSSR count). The van der Waals surface area contributed by atoms with Crippen LogP contribution >= 0.6 is 0 Å². The molecule has 33 heavy (non-hydrogen) atoms. The fraction of sp³-hybridized carbons (Fsp3) is 0.409. The predicted octanol–water partition coefficient (Wildman–Crippen LogP) is 2.56. The van der Waals surface area contributed by atoms with Crippen LogP contribution in [-0.4, -0.2) is 58.5 Å². The maximum absolute atomic E-state index is 12.7. The Hall–Kier alpha value is -2.47. The molecule has 1 aliphatic rings. The predicted molar refractivity (Wildman–Crippen MR) is 129 cm³/mol. The van der Waals surface area contributed by atoms with Gasteiger partial charge in [-0.05, 0) is 68.1 Å². The number of nitrogens with zero attached hydrogens (tertiary/aromatic N) is 2. The van der Waals surface area contributed by atoms with Gasteiger partial charge in [0.15, 0.2) is 0 Å². The van der Waals surface area contributed by atoms with Gasteiger partial charge in [0.25, 0.3) is 20.2 Å². The molecule has 11 heteroatoms. The van der Waals surface area contributed by atoms with Crippen molar-refractivity contribution >= 4 is 37.5 Å². The molecule has 1 amide bonds. The first-order chi connectivity index (χ1) is 15.4. The van der Waals surface area contributed by atoms with Crippen LogP contribution in [0, 0.1) is 19.8 Å². The summed E-state index contributed by atoms with van der Waals surface area (Å²) in [6.45, 7) is 4.27. The number of aryl methyl sites for hydroxylation is 2. The van der Waals surface area contributed by atoms with E-state index in [0.717, 1.165) is 15.4 Å². The third-order valence-corrected chi connectivity index (χ3v) is 9.00. The Kier molecular flexibility index (Phi) is 7.47. The van der Waals surface area contributed by atoms with E-state index < -0.39 is 20.2 Å². The molecule has 0 saturated carbocycles. The van der Waals surface area contributed by atoms with Gasteiger partial charge < -0.3 is 5.32 Å². The molecule has 0 atom stereocenters. The Bertz CT molecular complexity index is 1220. The second-order valence-electron chi connectivity index (χ2n) is 8.40. The highest BCUT2D eigenvalue weighted by Crippen LogP contribution is 2.24. The number of sulfonamides is 1. The van der Waals surface area contributed by atoms with Crippen molar-refractivity contribution in [3.63, 3.8) is 0 Å². The van der Waals surface area contributed by atoms with Crippen LogP contribution in [0.1, 0.15) is 24.0 Å². The zero-order chi connectivity index (χ0) is 24.4. The van der Waals surface area contributed by atoms with Gasteiger partial charge in [-0.2, -0.15) is 17.0 Å². The maximum Gasteiger partial charge on any atom is 0.281 e. The molecule has 0 spiro atoms. The van der Waals surface area contributed by atoms with Crippen molar-refractivity contribution in [1.29, 1.82) is 0 Å². The molecule has 0 radical (unpaired) electrons. The summed E-state index contributed by atoms with van der Waals surface area (Å²) in [5.74, 6) is -0.519. The summed E-state index contributed by atoms with van der Waals surface area (Å²) in [4.78, 5) is 12.7. The molecule has 2 N–H and O–H groups in total. The molecule has 1 aliphatic heterocycles. The highest BCUT2D eigenvalue weighted by atomic mass is 32.2. The number of hydrogen-bond acceptors (Lipinski definition) is 5. The molecule has 180 valence electrons. The van der Waals surface area contributed by atoms with Crippen molar-refractivity contribution in [3.05, 3.63) is 53.6 Å². The normalized spacial score (nSPS) is 16.0. The van der Waals surface area contributed by atoms with Crippen LogP contribution in [0.5, 0.6) is 0 Å². The van der Waals surface area contributed by atoms with Crippen LogP contribution in [0.15, 0.2) is 47.4 Å². The summed E-state index contributed by atoms with van der Waals surface area (Å²) in [6, 6.07) is 11.5. The van der Waals surface area contributed by atoms with E-state index in [0.29, 0.717) is 24.2 Å². The summed E-state index contributed by atoms with van der Waals surface area (Å²) in [5.41, 5.74) is 2.77. The second-order valence-corrected chi connectivity index (χ2v) is 12.2. The summed E-state index contributed by atoms with van der Waals surface area (Å²) in [6.07, 6.45) is 0.844. The fourth-order valence-corrected chi connectivity index (χ4v) is 5.85. The monoisotopic (exact) mass is 494 g/mol. The van der Waals surface area contributed by atoms with Gasteiger partial charge >= 0.3 is 0 Å². The lowest BCUT2D eigenvalue weighted by Gasteiger charge is -2.32. The topological polar surface area (TPSA) is 116 Å². The van der Waals surface area contributed by atoms with Crippen molar-refractivity contribution in [1.82, 2.24) is 8.61 Å². The van der Waals surface area contributed by atoms with Gasteiger partial charge in [-0.1, -0.05) is 12.1 Å². The van der Waals surface area contributed by atoms with E-state index in [4.69, 9.17) is 0 Å². The van der Waals surface area contributed by atoms with E-state index in [1.165, 1.54) is 30.5 Å². The number of nitrogens with one attached hydrogen (secondary N) is 2. The van der Waals surface area contributed by atoms with Gasteiger partial charge in [-0.15, -0.1) is 0 Å². The summed E-state index contributed by atoms with van der Waals surface area (Å²) in [7, 11) is -4.29. The van der Waals surface area contributed by atoms with Gasteiger partial charge in [-0.25, -0.2) is 8.42 Å². The standard InChI is InChI=1S/C22H30N4O5S2/c1-16-5-6-17(2)21(15-16)24-32(28,29)20-9-7-19(8-10-20)23-22(27)18-11-13-26(14-12-18)33(30,31)25(3)4/h5-10,15,18,24H,11-14H2,1-4H3,(H,23,27). The van der Waals surface area contributed by atoms with Crippen molar-refractivity contribution in [2.75, 3.05) is 37.2 Å². The van der Waals surface area contributed by atoms with E-state index in [2.05, 4.69) is 10.0 Å². The number of benzene rings is 2. The third-order valence-electron chi connectivity index (χ3n) is 5.68. The molecule has 0 aliphatic carbocycles. The van der Waals surface area contributed by atoms with Crippen LogP contribution in [0.4, 0.5) is 11.4 Å². The number of rotatable bonds is 7. The largest absolute Gasteiger partial charge is 0.326 e. The quantitative estimate of drug-likeness (QED) is 0.614. The van der Waals surface area contributed by atoms with Crippen LogP contribution in [0.2, 0.25) is 0 Å². The minimum atomic E-state index is -3.77. The molecule has 1 heterocycles. The first kappa shape index (κ1) is 25.2. The molecule has 2 aromatic rings. The van der Waals surface area contributed by atoms with E-state index >= 15 is 0 Å². The van der Waals surface area contributed by atoms with Crippen LogP contribution < -0.4 is 10.0 Å². The number of carbonyl (C=O) groups is 1. The molecule has 2 aromatic carbocycles. The molecule has 1 fully saturated rings. The molecule has 1 saturated heterocycles. The molecule has 9 nitrogen and oxygen atoms in total. The Morgan fingerprint density at radius 2 is 1.58 bits per heavy atom. The van der Waals surface area contributed by atoms with Crippen molar-refractivity contribution < 1.29 is 21.6 Å². The number of amides is 1. The van der Waals surface area contributed by atoms with Crippen molar-refractivity contribution in [2.24, 2.45) is 5.92 Å². The lowest BCUT2D eigenvalue weighted by atomic mass is 9.97. The van der Waals surface area contributed by atoms with Gasteiger partial charge in [0.05, 0.1) is 10.6 Å². The first-order valence-electron chi connectivity index (χ1n) is 10.6. The minimum absolute atomic E-state index is 0.0867. The van der Waals surface area contributed by atoms with Crippen LogP contribution in [0.3, 0.4) is 0 Å². The van der Waals surface area contributed by atoms with Crippen molar-refractivity contribution in [2.45, 2.75) is 31.6 Å². The average molecular weight is 495 g/mol. The van der Waals surface area contributed by atoms with Crippen molar-refractivity contribution in [3.8, 4) is 0 Å². The van der Waals surface area contributed by atoms with Crippen LogP contribution in [0.25, 0.3) is 0 Å². The molecule has 0 bridgehead atoms. The van der Waals surface area contributed by atoms with Crippen LogP contribution in [-0.2, 0) is 25.0 Å². The Labute approximate surface area is 196 Å². The Morgan fingerprint density at radius 1 is 0.970 bits per heavy atom. The first-order valence-corrected chi connectivity index (χ1v) is 13.5. The zero-order valence-electron chi connectivity index (χ0n) is 19.2. The highest BCUT2D eigenvalue weighted by molar-refractivity contribution is 7.92. The van der Waals surface area contributed by atoms with E-state index in [1.807, 2.05) is 26.0 Å². The number of carbonyl (C=O) groups excluding carboxylic acids is 1. The molecular weight excluding hydrogens is 464 g/mol. The lowest BCUT2D eigenvalue weighted by Crippen LogP contribution is -2.46. The SMILES string of the molecule is Cc1ccc(C)c(NS(=O)(=O)c2ccc(NC(=O)C3CCN(S(=O)(=O)N(C)C)CC3)cc2)c1. The second kappa shape index (κ2) is 9.80. The van der Waals surface area contributed by atoms with E-state index in [1.54, 1.807) is 18.2 Å². The van der Waals surface area contributed by atoms with Gasteiger partial charge in [0.1, 0.15) is 0 Å². The Morgan fingerprint density at radius 3 is 2.15 bits per heavy atom. The third kappa shape index (κ3) is 5.91. The smallest absolute Gasteiger partial charge is 0.281 e. The minimum Gasteiger partial charge on any atom is -0.326 e.